The lowest BCUT2D eigenvalue weighted by molar-refractivity contribution is 0.138. The number of aliphatic hydroxyl groups is 1. The highest BCUT2D eigenvalue weighted by molar-refractivity contribution is 7.89. The normalized spacial score (nSPS) is 13.0. The Balaban J connectivity index is 3.26. The van der Waals surface area contributed by atoms with Gasteiger partial charge < -0.3 is 10.8 Å². The van der Waals surface area contributed by atoms with E-state index in [2.05, 4.69) is 0 Å². The number of nitrogens with two attached hydrogens (primary N) is 1. The van der Waals surface area contributed by atoms with Crippen LogP contribution in [0.15, 0.2) is 23.1 Å². The molecule has 0 bridgehead atoms. The predicted molar refractivity (Wildman–Crippen MR) is 72.0 cm³/mol. The number of anilines is 1. The number of nitrogen functional groups attached to an aromatic ring is 1. The molecule has 0 aromatic heterocycles. The Hall–Kier alpha value is -0.820. The zero-order valence-electron chi connectivity index (χ0n) is 10.5. The maximum absolute atomic E-state index is 12.3. The van der Waals surface area contributed by atoms with Gasteiger partial charge in [0.1, 0.15) is 0 Å². The van der Waals surface area contributed by atoms with E-state index in [-0.39, 0.29) is 16.5 Å². The van der Waals surface area contributed by atoms with Crippen molar-refractivity contribution in [1.82, 2.24) is 4.31 Å². The fourth-order valence-electron chi connectivity index (χ4n) is 1.25. The van der Waals surface area contributed by atoms with Crippen molar-refractivity contribution in [3.8, 4) is 0 Å². The van der Waals surface area contributed by atoms with Crippen LogP contribution in [0.2, 0.25) is 5.02 Å². The lowest BCUT2D eigenvalue weighted by Gasteiger charge is -2.32. The van der Waals surface area contributed by atoms with Gasteiger partial charge in [-0.2, -0.15) is 4.31 Å². The number of halogens is 1. The Morgan fingerprint density at radius 3 is 2.44 bits per heavy atom. The van der Waals surface area contributed by atoms with Crippen LogP contribution in [0.25, 0.3) is 0 Å². The van der Waals surface area contributed by atoms with Crippen LogP contribution in [0, 0.1) is 0 Å². The third kappa shape index (κ3) is 2.77. The predicted octanol–water partition coefficient (Wildman–Crippen LogP) is 1.31. The third-order valence-electron chi connectivity index (χ3n) is 2.87. The molecular weight excluding hydrogens is 276 g/mol. The Labute approximate surface area is 112 Å². The molecule has 0 aliphatic rings. The summed E-state index contributed by atoms with van der Waals surface area (Å²) in [6.07, 6.45) is 0. The summed E-state index contributed by atoms with van der Waals surface area (Å²) < 4.78 is 25.7. The number of sulfonamides is 1. The molecule has 0 amide bonds. The highest BCUT2D eigenvalue weighted by Gasteiger charge is 2.33. The van der Waals surface area contributed by atoms with Crippen molar-refractivity contribution in [3.63, 3.8) is 0 Å². The zero-order chi connectivity index (χ0) is 14.1. The highest BCUT2D eigenvalue weighted by Crippen LogP contribution is 2.27. The van der Waals surface area contributed by atoms with Gasteiger partial charge in [-0.25, -0.2) is 8.42 Å². The molecule has 0 heterocycles. The van der Waals surface area contributed by atoms with E-state index in [0.717, 1.165) is 4.31 Å². The first-order valence-corrected chi connectivity index (χ1v) is 7.09. The molecule has 0 saturated heterocycles. The van der Waals surface area contributed by atoms with Gasteiger partial charge in [0.15, 0.2) is 0 Å². The van der Waals surface area contributed by atoms with Crippen LogP contribution >= 0.6 is 11.6 Å². The average Bonchev–Trinajstić information content (AvgIpc) is 2.31. The standard InChI is InChI=1S/C11H17ClN2O3S/c1-11(2,7-15)14(3)18(16,17)8-4-5-10(13)9(12)6-8/h4-6,15H,7,13H2,1-3H3. The van der Waals surface area contributed by atoms with Gasteiger partial charge in [-0.05, 0) is 32.0 Å². The molecular formula is C11H17ClN2O3S. The van der Waals surface area contributed by atoms with Gasteiger partial charge in [0.25, 0.3) is 0 Å². The van der Waals surface area contributed by atoms with Crippen LogP contribution in [0.1, 0.15) is 13.8 Å². The van der Waals surface area contributed by atoms with Crippen LogP contribution in [0.4, 0.5) is 5.69 Å². The maximum Gasteiger partial charge on any atom is 0.243 e. The molecule has 7 heteroatoms. The second-order valence-electron chi connectivity index (χ2n) is 4.63. The number of likely N-dealkylation sites (N-methyl/N-ethyl adjacent to an activating group) is 1. The average molecular weight is 293 g/mol. The van der Waals surface area contributed by atoms with E-state index in [9.17, 15) is 13.5 Å². The minimum Gasteiger partial charge on any atom is -0.398 e. The largest absolute Gasteiger partial charge is 0.398 e. The van der Waals surface area contributed by atoms with E-state index >= 15 is 0 Å². The quantitative estimate of drug-likeness (QED) is 0.820. The Bertz CT molecular complexity index is 543. The highest BCUT2D eigenvalue weighted by atomic mass is 35.5. The lowest BCUT2D eigenvalue weighted by Crippen LogP contribution is -2.47. The van der Waals surface area contributed by atoms with Crippen LogP contribution in [0.5, 0.6) is 0 Å². The third-order valence-corrected chi connectivity index (χ3v) is 5.26. The van der Waals surface area contributed by atoms with Crippen LogP contribution in [0.3, 0.4) is 0 Å². The van der Waals surface area contributed by atoms with Crippen LogP contribution in [-0.4, -0.2) is 37.0 Å². The molecule has 3 N–H and O–H groups in total. The number of rotatable bonds is 4. The molecule has 1 aromatic rings. The number of nitrogens with zero attached hydrogens (tertiary/aromatic N) is 1. The molecule has 0 unspecified atom stereocenters. The Morgan fingerprint density at radius 1 is 1.44 bits per heavy atom. The Kier molecular flexibility index (Phi) is 4.27. The summed E-state index contributed by atoms with van der Waals surface area (Å²) in [6.45, 7) is 2.97. The summed E-state index contributed by atoms with van der Waals surface area (Å²) in [6, 6.07) is 4.13. The lowest BCUT2D eigenvalue weighted by atomic mass is 10.1. The van der Waals surface area contributed by atoms with Crippen molar-refractivity contribution >= 4 is 27.3 Å². The van der Waals surface area contributed by atoms with E-state index in [4.69, 9.17) is 17.3 Å². The van der Waals surface area contributed by atoms with E-state index in [1.54, 1.807) is 13.8 Å². The van der Waals surface area contributed by atoms with Gasteiger partial charge in [0, 0.05) is 7.05 Å². The van der Waals surface area contributed by atoms with E-state index in [0.29, 0.717) is 5.69 Å². The van der Waals surface area contributed by atoms with Gasteiger partial charge in [-0.1, -0.05) is 11.6 Å². The fraction of sp³-hybridized carbons (Fsp3) is 0.455. The summed E-state index contributed by atoms with van der Waals surface area (Å²) in [5, 5.41) is 9.41. The van der Waals surface area contributed by atoms with Crippen molar-refractivity contribution in [2.45, 2.75) is 24.3 Å². The zero-order valence-corrected chi connectivity index (χ0v) is 12.1. The summed E-state index contributed by atoms with van der Waals surface area (Å²) >= 11 is 5.82. The van der Waals surface area contributed by atoms with Crippen molar-refractivity contribution < 1.29 is 13.5 Å². The molecule has 102 valence electrons. The van der Waals surface area contributed by atoms with Gasteiger partial charge >= 0.3 is 0 Å². The topological polar surface area (TPSA) is 83.6 Å². The van der Waals surface area contributed by atoms with Gasteiger partial charge in [0.2, 0.25) is 10.0 Å². The van der Waals surface area contributed by atoms with Gasteiger partial charge in [-0.3, -0.25) is 0 Å². The van der Waals surface area contributed by atoms with Crippen molar-refractivity contribution in [2.24, 2.45) is 0 Å². The van der Waals surface area contributed by atoms with Crippen molar-refractivity contribution in [3.05, 3.63) is 23.2 Å². The van der Waals surface area contributed by atoms with Gasteiger partial charge in [-0.15, -0.1) is 0 Å². The molecule has 0 spiro atoms. The molecule has 0 radical (unpaired) electrons. The maximum atomic E-state index is 12.3. The van der Waals surface area contributed by atoms with E-state index < -0.39 is 15.6 Å². The first-order chi connectivity index (χ1) is 8.13. The molecule has 0 saturated carbocycles. The monoisotopic (exact) mass is 292 g/mol. The van der Waals surface area contributed by atoms with Gasteiger partial charge in [0.05, 0.1) is 27.8 Å². The second-order valence-corrected chi connectivity index (χ2v) is 7.00. The summed E-state index contributed by atoms with van der Waals surface area (Å²) in [5.74, 6) is 0. The molecule has 0 aliphatic carbocycles. The minimum atomic E-state index is -3.71. The number of hydrogen-bond acceptors (Lipinski definition) is 4. The number of hydrogen-bond donors (Lipinski definition) is 2. The van der Waals surface area contributed by atoms with Crippen LogP contribution < -0.4 is 5.73 Å². The smallest absolute Gasteiger partial charge is 0.243 e. The van der Waals surface area contributed by atoms with E-state index in [1.165, 1.54) is 25.2 Å². The first-order valence-electron chi connectivity index (χ1n) is 5.28. The number of benzene rings is 1. The molecule has 5 nitrogen and oxygen atoms in total. The Morgan fingerprint density at radius 2 is 2.00 bits per heavy atom. The van der Waals surface area contributed by atoms with Crippen molar-refractivity contribution in [2.75, 3.05) is 19.4 Å². The molecule has 0 aliphatic heterocycles. The molecule has 18 heavy (non-hydrogen) atoms. The fourth-order valence-corrected chi connectivity index (χ4v) is 3.03. The molecule has 1 aromatic carbocycles. The molecule has 0 atom stereocenters. The SMILES string of the molecule is CN(C(C)(C)CO)S(=O)(=O)c1ccc(N)c(Cl)c1. The molecule has 1 rings (SSSR count). The number of aliphatic hydroxyl groups excluding tert-OH is 1. The van der Waals surface area contributed by atoms with E-state index in [1.807, 2.05) is 0 Å². The summed E-state index contributed by atoms with van der Waals surface area (Å²) in [4.78, 5) is 0.0470. The summed E-state index contributed by atoms with van der Waals surface area (Å²) in [5.41, 5.74) is 4.96. The summed E-state index contributed by atoms with van der Waals surface area (Å²) in [7, 11) is -2.30. The van der Waals surface area contributed by atoms with Crippen LogP contribution in [-0.2, 0) is 10.0 Å². The van der Waals surface area contributed by atoms with Crippen molar-refractivity contribution in [1.29, 1.82) is 0 Å². The second kappa shape index (κ2) is 5.05. The molecule has 0 fully saturated rings. The first kappa shape index (κ1) is 15.2. The minimum absolute atomic E-state index is 0.0470.